The van der Waals surface area contributed by atoms with Crippen molar-refractivity contribution in [3.05, 3.63) is 95.6 Å². The van der Waals surface area contributed by atoms with Gasteiger partial charge in [-0.3, -0.25) is 19.0 Å². The van der Waals surface area contributed by atoms with Gasteiger partial charge in [0.2, 0.25) is 0 Å². The SMILES string of the molecule is CNC1CCN(c2c(OCCn3cc4c(N5CC[C@H](NC)C5)c(OC)cc(C(=O)Nc5cc(F)c6nc(C)cn6c5)c4n3)cc(C(=O)Nc3cc(F)c4nc(C)cn4c3)c3nn(C)cc23)C1. The molecular formula is C46H50F2N14O4. The molecule has 2 fully saturated rings. The Morgan fingerprint density at radius 1 is 0.712 bits per heavy atom. The molecule has 0 aliphatic carbocycles. The maximum atomic E-state index is 15.1. The third kappa shape index (κ3) is 7.74. The first-order valence-electron chi connectivity index (χ1n) is 21.9. The van der Waals surface area contributed by atoms with Crippen LogP contribution in [0.2, 0.25) is 0 Å². The summed E-state index contributed by atoms with van der Waals surface area (Å²) in [6.07, 6.45) is 12.2. The lowest BCUT2D eigenvalue weighted by atomic mass is 10.1. The van der Waals surface area contributed by atoms with Crippen LogP contribution in [0.4, 0.5) is 31.5 Å². The van der Waals surface area contributed by atoms with Crippen LogP contribution in [0.3, 0.4) is 0 Å². The first-order chi connectivity index (χ1) is 31.9. The molecule has 20 heteroatoms. The summed E-state index contributed by atoms with van der Waals surface area (Å²) in [4.78, 5) is 41.3. The number of benzene rings is 2. The van der Waals surface area contributed by atoms with Gasteiger partial charge >= 0.3 is 0 Å². The summed E-state index contributed by atoms with van der Waals surface area (Å²) in [7, 11) is 7.26. The minimum absolute atomic E-state index is 0.127. The third-order valence-electron chi connectivity index (χ3n) is 12.5. The summed E-state index contributed by atoms with van der Waals surface area (Å²) >= 11 is 0. The second-order valence-corrected chi connectivity index (χ2v) is 17.0. The number of rotatable bonds is 13. The van der Waals surface area contributed by atoms with Crippen LogP contribution in [-0.4, -0.2) is 116 Å². The third-order valence-corrected chi connectivity index (χ3v) is 12.5. The first kappa shape index (κ1) is 42.6. The zero-order valence-electron chi connectivity index (χ0n) is 37.4. The van der Waals surface area contributed by atoms with Crippen molar-refractivity contribution in [2.24, 2.45) is 7.05 Å². The van der Waals surface area contributed by atoms with E-state index in [0.29, 0.717) is 45.9 Å². The summed E-state index contributed by atoms with van der Waals surface area (Å²) in [5, 5.41) is 23.6. The topological polar surface area (TPSA) is 177 Å². The number of ether oxygens (including phenoxy) is 2. The molecule has 4 N–H and O–H groups in total. The van der Waals surface area contributed by atoms with Gasteiger partial charge in [-0.2, -0.15) is 10.2 Å². The van der Waals surface area contributed by atoms with Crippen LogP contribution in [0.25, 0.3) is 33.1 Å². The first-order valence-corrected chi connectivity index (χ1v) is 21.9. The fourth-order valence-corrected chi connectivity index (χ4v) is 9.37. The number of aryl methyl sites for hydroxylation is 3. The summed E-state index contributed by atoms with van der Waals surface area (Å²) in [5.41, 5.74) is 5.12. The number of nitrogens with one attached hydrogen (secondary N) is 4. The van der Waals surface area contributed by atoms with Crippen molar-refractivity contribution in [2.75, 3.05) is 74.4 Å². The van der Waals surface area contributed by atoms with Crippen LogP contribution >= 0.6 is 0 Å². The van der Waals surface area contributed by atoms with Crippen LogP contribution in [0.1, 0.15) is 44.9 Å². The van der Waals surface area contributed by atoms with Crippen molar-refractivity contribution in [1.29, 1.82) is 0 Å². The number of imidazole rings is 2. The fourth-order valence-electron chi connectivity index (χ4n) is 9.37. The van der Waals surface area contributed by atoms with Gasteiger partial charge in [0, 0.05) is 105 Å². The van der Waals surface area contributed by atoms with E-state index < -0.39 is 23.4 Å². The van der Waals surface area contributed by atoms with E-state index in [2.05, 4.69) is 41.0 Å². The minimum Gasteiger partial charge on any atom is -0.495 e. The number of carbonyl (C=O) groups is 2. The zero-order valence-corrected chi connectivity index (χ0v) is 37.4. The average molecular weight is 901 g/mol. The Kier molecular flexibility index (Phi) is 10.9. The Morgan fingerprint density at radius 2 is 1.23 bits per heavy atom. The minimum atomic E-state index is -0.570. The highest BCUT2D eigenvalue weighted by atomic mass is 19.1. The van der Waals surface area contributed by atoms with Gasteiger partial charge < -0.3 is 49.3 Å². The normalized spacial score (nSPS) is 16.4. The molecular weight excluding hydrogens is 851 g/mol. The van der Waals surface area contributed by atoms with Gasteiger partial charge in [-0.15, -0.1) is 0 Å². The molecule has 0 spiro atoms. The number of anilines is 4. The number of carbonyl (C=O) groups excluding carboxylic acids is 2. The highest BCUT2D eigenvalue weighted by Gasteiger charge is 2.31. The molecule has 2 saturated heterocycles. The van der Waals surface area contributed by atoms with Gasteiger partial charge in [-0.1, -0.05) is 0 Å². The van der Waals surface area contributed by atoms with E-state index >= 15 is 8.78 Å². The van der Waals surface area contributed by atoms with Crippen molar-refractivity contribution in [1.82, 2.24) is 49.0 Å². The molecule has 342 valence electrons. The van der Waals surface area contributed by atoms with E-state index in [1.54, 1.807) is 83.1 Å². The van der Waals surface area contributed by atoms with Crippen molar-refractivity contribution < 1.29 is 27.8 Å². The van der Waals surface area contributed by atoms with E-state index in [1.807, 2.05) is 26.5 Å². The number of hydrogen-bond acceptors (Lipinski definition) is 12. The second kappa shape index (κ2) is 16.9. The molecule has 66 heavy (non-hydrogen) atoms. The van der Waals surface area contributed by atoms with E-state index in [0.717, 1.165) is 49.2 Å². The Balaban J connectivity index is 0.997. The standard InChI is InChI=1S/C46H50F2N14O4/c1-25-17-60-21-29(13-35(47)43(60)51-25)53-45(63)31-15-37(65-6)41(58-9-7-27(19-58)49-3)34-24-62(56-40(31)34)11-12-66-38-16-32(46(64)54-30-14-36(48)44-52-26(2)18-61(44)22-30)39-33(23-57(5)55-39)42(38)59-10-8-28(20-59)50-4/h13-18,21-24,27-28,49-50H,7-12,19-20H2,1-6H3,(H,53,63)(H,54,64)/t27-,28?/m0/s1. The molecule has 2 aromatic carbocycles. The highest BCUT2D eigenvalue weighted by Crippen LogP contribution is 2.42. The van der Waals surface area contributed by atoms with Gasteiger partial charge in [0.05, 0.1) is 58.9 Å². The molecule has 2 atom stereocenters. The maximum Gasteiger partial charge on any atom is 0.258 e. The molecule has 8 aromatic rings. The number of halogens is 2. The van der Waals surface area contributed by atoms with Crippen LogP contribution < -0.4 is 40.5 Å². The molecule has 2 amide bonds. The number of pyridine rings is 2. The summed E-state index contributed by atoms with van der Waals surface area (Å²) in [6, 6.07) is 6.38. The Bertz CT molecular complexity index is 3210. The Hall–Kier alpha value is -7.32. The van der Waals surface area contributed by atoms with Gasteiger partial charge in [-0.05, 0) is 52.9 Å². The van der Waals surface area contributed by atoms with E-state index in [1.165, 1.54) is 12.1 Å². The van der Waals surface area contributed by atoms with Crippen molar-refractivity contribution in [3.8, 4) is 11.5 Å². The van der Waals surface area contributed by atoms with Crippen LogP contribution in [-0.2, 0) is 13.6 Å². The molecule has 8 heterocycles. The average Bonchev–Trinajstić information content (AvgIpc) is 4.15. The summed E-state index contributed by atoms with van der Waals surface area (Å²) in [5.74, 6) is -1.15. The van der Waals surface area contributed by atoms with Gasteiger partial charge in [0.25, 0.3) is 11.8 Å². The molecule has 10 rings (SSSR count). The van der Waals surface area contributed by atoms with Crippen molar-refractivity contribution in [3.63, 3.8) is 0 Å². The highest BCUT2D eigenvalue weighted by molar-refractivity contribution is 6.16. The number of nitrogens with zero attached hydrogens (tertiary/aromatic N) is 10. The lowest BCUT2D eigenvalue weighted by molar-refractivity contribution is 0.101. The van der Waals surface area contributed by atoms with Crippen molar-refractivity contribution >= 4 is 67.7 Å². The zero-order chi connectivity index (χ0) is 46.0. The smallest absolute Gasteiger partial charge is 0.258 e. The molecule has 0 bridgehead atoms. The van der Waals surface area contributed by atoms with Gasteiger partial charge in [0.15, 0.2) is 22.9 Å². The number of likely N-dealkylation sites (N-methyl/N-ethyl adjacent to an activating group) is 2. The lowest BCUT2D eigenvalue weighted by Crippen LogP contribution is -2.30. The quantitative estimate of drug-likeness (QED) is 0.118. The summed E-state index contributed by atoms with van der Waals surface area (Å²) in [6.45, 7) is 6.86. The van der Waals surface area contributed by atoms with E-state index in [9.17, 15) is 9.59 Å². The molecule has 6 aromatic heterocycles. The fraction of sp³-hybridized carbons (Fsp3) is 0.348. The van der Waals surface area contributed by atoms with Crippen LogP contribution in [0.5, 0.6) is 11.5 Å². The van der Waals surface area contributed by atoms with Crippen LogP contribution in [0, 0.1) is 25.5 Å². The molecule has 2 aliphatic rings. The van der Waals surface area contributed by atoms with E-state index in [-0.39, 0.29) is 59.0 Å². The van der Waals surface area contributed by atoms with Crippen molar-refractivity contribution in [2.45, 2.75) is 45.3 Å². The number of methoxy groups -OCH3 is 1. The predicted octanol–water partition coefficient (Wildman–Crippen LogP) is 5.30. The molecule has 0 radical (unpaired) electrons. The molecule has 2 aliphatic heterocycles. The largest absolute Gasteiger partial charge is 0.495 e. The molecule has 1 unspecified atom stereocenters. The summed E-state index contributed by atoms with van der Waals surface area (Å²) < 4.78 is 49.4. The number of hydrogen-bond donors (Lipinski definition) is 4. The predicted molar refractivity (Wildman–Crippen MR) is 248 cm³/mol. The molecule has 0 saturated carbocycles. The lowest BCUT2D eigenvalue weighted by Gasteiger charge is -2.24. The monoisotopic (exact) mass is 900 g/mol. The van der Waals surface area contributed by atoms with Crippen LogP contribution in [0.15, 0.2) is 61.4 Å². The number of amides is 2. The Morgan fingerprint density at radius 3 is 1.76 bits per heavy atom. The van der Waals surface area contributed by atoms with Gasteiger partial charge in [0.1, 0.15) is 29.1 Å². The molecule has 18 nitrogen and oxygen atoms in total. The van der Waals surface area contributed by atoms with E-state index in [4.69, 9.17) is 19.7 Å². The second-order valence-electron chi connectivity index (χ2n) is 17.0. The number of fused-ring (bicyclic) bond motifs is 4. The Labute approximate surface area is 377 Å². The van der Waals surface area contributed by atoms with Gasteiger partial charge in [-0.25, -0.2) is 18.7 Å². The number of aromatic nitrogens is 8. The maximum absolute atomic E-state index is 15.1.